The first-order valence-electron chi connectivity index (χ1n) is 18.5. The number of fused-ring (bicyclic) bond motifs is 4. The number of allylic oxidation sites excluding steroid dienone is 12. The van der Waals surface area contributed by atoms with Gasteiger partial charge >= 0.3 is 0 Å². The molecule has 0 saturated carbocycles. The number of rotatable bonds is 5. The van der Waals surface area contributed by atoms with Crippen LogP contribution < -0.4 is 10.4 Å². The highest BCUT2D eigenvalue weighted by Gasteiger charge is 2.33. The van der Waals surface area contributed by atoms with E-state index >= 15 is 0 Å². The highest BCUT2D eigenvalue weighted by atomic mass is 14.4. The smallest absolute Gasteiger partial charge is 0.0143 e. The highest BCUT2D eigenvalue weighted by Crippen LogP contribution is 2.44. The molecule has 6 aromatic rings. The molecule has 52 heavy (non-hydrogen) atoms. The van der Waals surface area contributed by atoms with Crippen molar-refractivity contribution in [3.8, 4) is 11.1 Å². The van der Waals surface area contributed by atoms with Gasteiger partial charge in [0.05, 0.1) is 0 Å². The lowest BCUT2D eigenvalue weighted by molar-refractivity contribution is 0.663. The summed E-state index contributed by atoms with van der Waals surface area (Å²) >= 11 is 0. The summed E-state index contributed by atoms with van der Waals surface area (Å²) in [6.07, 6.45) is 23.4. The summed E-state index contributed by atoms with van der Waals surface area (Å²) < 4.78 is 0. The Bertz CT molecular complexity index is 2660. The van der Waals surface area contributed by atoms with Gasteiger partial charge in [-0.3, -0.25) is 0 Å². The molecule has 0 saturated heterocycles. The van der Waals surface area contributed by atoms with Crippen molar-refractivity contribution in [2.45, 2.75) is 0 Å². The maximum absolute atomic E-state index is 2.54. The fraction of sp³-hybridized carbons (Fsp3) is 0.0769. The van der Waals surface area contributed by atoms with Crippen molar-refractivity contribution < 1.29 is 0 Å². The second-order valence-corrected chi connectivity index (χ2v) is 14.4. The van der Waals surface area contributed by atoms with E-state index in [-0.39, 0.29) is 11.8 Å². The van der Waals surface area contributed by atoms with E-state index < -0.39 is 0 Å². The lowest BCUT2D eigenvalue weighted by Crippen LogP contribution is -2.40. The van der Waals surface area contributed by atoms with Gasteiger partial charge in [0.1, 0.15) is 0 Å². The average Bonchev–Trinajstić information content (AvgIpc) is 3.23. The van der Waals surface area contributed by atoms with Crippen molar-refractivity contribution >= 4 is 33.1 Å². The maximum Gasteiger partial charge on any atom is 0.0143 e. The summed E-state index contributed by atoms with van der Waals surface area (Å²) in [6, 6.07) is 54.0. The Morgan fingerprint density at radius 1 is 0.327 bits per heavy atom. The summed E-state index contributed by atoms with van der Waals surface area (Å²) in [5, 5.41) is 5.17. The number of hydrogen-bond donors (Lipinski definition) is 0. The van der Waals surface area contributed by atoms with Gasteiger partial charge in [-0.25, -0.2) is 0 Å². The van der Waals surface area contributed by atoms with E-state index in [4.69, 9.17) is 0 Å². The van der Waals surface area contributed by atoms with Crippen LogP contribution in [0.2, 0.25) is 0 Å². The van der Waals surface area contributed by atoms with E-state index in [1.165, 1.54) is 76.9 Å². The Balaban J connectivity index is 1.21. The molecular formula is C52H38. The molecule has 0 aromatic heterocycles. The van der Waals surface area contributed by atoms with Crippen molar-refractivity contribution in [3.63, 3.8) is 0 Å². The van der Waals surface area contributed by atoms with Gasteiger partial charge in [-0.1, -0.05) is 194 Å². The lowest BCUT2D eigenvalue weighted by Gasteiger charge is -2.35. The quantitative estimate of drug-likeness (QED) is 0.172. The summed E-state index contributed by atoms with van der Waals surface area (Å²) in [4.78, 5) is 0. The summed E-state index contributed by atoms with van der Waals surface area (Å²) in [5.41, 5.74) is 12.9. The van der Waals surface area contributed by atoms with Gasteiger partial charge in [0, 0.05) is 23.7 Å². The predicted molar refractivity (Wildman–Crippen MR) is 219 cm³/mol. The third-order valence-corrected chi connectivity index (χ3v) is 11.4. The molecule has 0 nitrogen and oxygen atoms in total. The standard InChI is InChI=1S/C52H38/c1-3-11-35(12-4-1)44-28-30-48-49(33-44)51(40-23-19-39(20-24-40)43-25-21-37-15-7-9-17-41(37)31-43)47-29-27-45(36-13-5-2-6-14-36)34-50(47)52(48)46-26-22-38-16-8-10-18-42(38)32-46/h1-34,37,41,48-49H. The highest BCUT2D eigenvalue weighted by molar-refractivity contribution is 5.91. The summed E-state index contributed by atoms with van der Waals surface area (Å²) in [6.45, 7) is 0. The monoisotopic (exact) mass is 662 g/mol. The molecule has 6 aromatic carbocycles. The fourth-order valence-corrected chi connectivity index (χ4v) is 8.78. The molecule has 4 unspecified atom stereocenters. The van der Waals surface area contributed by atoms with Gasteiger partial charge in [0.15, 0.2) is 0 Å². The molecule has 0 bridgehead atoms. The van der Waals surface area contributed by atoms with Crippen molar-refractivity contribution in [1.82, 2.24) is 0 Å². The molecule has 0 spiro atoms. The predicted octanol–water partition coefficient (Wildman–Crippen LogP) is 11.1. The van der Waals surface area contributed by atoms with E-state index in [9.17, 15) is 0 Å². The van der Waals surface area contributed by atoms with E-state index in [0.29, 0.717) is 11.8 Å². The largest absolute Gasteiger partial charge is 0.0767 e. The van der Waals surface area contributed by atoms with Crippen LogP contribution in [0.3, 0.4) is 0 Å². The Hall–Kier alpha value is -6.24. The number of hydrogen-bond acceptors (Lipinski definition) is 0. The molecule has 0 radical (unpaired) electrons. The molecule has 0 fully saturated rings. The second-order valence-electron chi connectivity index (χ2n) is 14.4. The van der Waals surface area contributed by atoms with Gasteiger partial charge in [-0.15, -0.1) is 0 Å². The second kappa shape index (κ2) is 12.8. The van der Waals surface area contributed by atoms with Crippen molar-refractivity contribution in [3.05, 3.63) is 239 Å². The van der Waals surface area contributed by atoms with Gasteiger partial charge < -0.3 is 0 Å². The van der Waals surface area contributed by atoms with E-state index in [2.05, 4.69) is 206 Å². The third kappa shape index (κ3) is 5.40. The normalized spacial score (nSPS) is 21.3. The van der Waals surface area contributed by atoms with Crippen LogP contribution in [-0.4, -0.2) is 0 Å². The SMILES string of the molecule is C1=CC2C=CC(c3ccc(C4=c5ccc(-c6ccccc6)cc5=C(c5ccc6ccccc6c5)C5C=CC(c6ccccc6)=CC45)cc3)=CC2C=C1. The Labute approximate surface area is 305 Å². The van der Waals surface area contributed by atoms with Gasteiger partial charge in [0.2, 0.25) is 0 Å². The zero-order valence-electron chi connectivity index (χ0n) is 28.9. The molecule has 10 rings (SSSR count). The minimum absolute atomic E-state index is 0.163. The lowest BCUT2D eigenvalue weighted by atomic mass is 9.68. The molecule has 4 aliphatic carbocycles. The van der Waals surface area contributed by atoms with Crippen LogP contribution >= 0.6 is 0 Å². The van der Waals surface area contributed by atoms with E-state index in [1.807, 2.05) is 0 Å². The van der Waals surface area contributed by atoms with Crippen LogP contribution in [0.25, 0.3) is 44.2 Å². The first kappa shape index (κ1) is 30.6. The Morgan fingerprint density at radius 2 is 0.923 bits per heavy atom. The molecule has 0 N–H and O–H groups in total. The fourth-order valence-electron chi connectivity index (χ4n) is 8.78. The Kier molecular flexibility index (Phi) is 7.54. The van der Waals surface area contributed by atoms with Crippen molar-refractivity contribution in [2.75, 3.05) is 0 Å². The van der Waals surface area contributed by atoms with Crippen LogP contribution in [-0.2, 0) is 0 Å². The van der Waals surface area contributed by atoms with Crippen molar-refractivity contribution in [1.29, 1.82) is 0 Å². The van der Waals surface area contributed by atoms with E-state index in [0.717, 1.165) is 0 Å². The third-order valence-electron chi connectivity index (χ3n) is 11.4. The van der Waals surface area contributed by atoms with Crippen LogP contribution in [0.1, 0.15) is 22.3 Å². The molecule has 0 heteroatoms. The molecule has 4 atom stereocenters. The van der Waals surface area contributed by atoms with Crippen LogP contribution in [0.5, 0.6) is 0 Å². The summed E-state index contributed by atoms with van der Waals surface area (Å²) in [5.74, 6) is 1.21. The average molecular weight is 663 g/mol. The number of benzene rings is 6. The topological polar surface area (TPSA) is 0 Å². The molecule has 4 aliphatic rings. The molecule has 246 valence electrons. The molecular weight excluding hydrogens is 625 g/mol. The summed E-state index contributed by atoms with van der Waals surface area (Å²) in [7, 11) is 0. The minimum atomic E-state index is 0.163. The molecule has 0 heterocycles. The first-order chi connectivity index (χ1) is 25.8. The maximum atomic E-state index is 2.54. The van der Waals surface area contributed by atoms with Gasteiger partial charge in [-0.05, 0) is 89.0 Å². The zero-order chi connectivity index (χ0) is 34.4. The van der Waals surface area contributed by atoms with Crippen LogP contribution in [0.15, 0.2) is 206 Å². The van der Waals surface area contributed by atoms with Crippen LogP contribution in [0.4, 0.5) is 0 Å². The first-order valence-corrected chi connectivity index (χ1v) is 18.5. The molecule has 0 aliphatic heterocycles. The molecule has 0 amide bonds. The Morgan fingerprint density at radius 3 is 1.73 bits per heavy atom. The van der Waals surface area contributed by atoms with Crippen LogP contribution in [0, 0.1) is 23.7 Å². The van der Waals surface area contributed by atoms with Gasteiger partial charge in [0.25, 0.3) is 0 Å². The van der Waals surface area contributed by atoms with E-state index in [1.54, 1.807) is 0 Å². The zero-order valence-corrected chi connectivity index (χ0v) is 28.9. The minimum Gasteiger partial charge on any atom is -0.0767 e. The van der Waals surface area contributed by atoms with Crippen molar-refractivity contribution in [2.24, 2.45) is 23.7 Å². The van der Waals surface area contributed by atoms with Gasteiger partial charge in [-0.2, -0.15) is 0 Å².